The number of nitrogens with zero attached hydrogens (tertiary/aromatic N) is 3. The number of rotatable bonds is 10. The number of carbonyl (C=O) groups is 1. The minimum Gasteiger partial charge on any atom is -0.324 e. The van der Waals surface area contributed by atoms with E-state index < -0.39 is 29.1 Å². The van der Waals surface area contributed by atoms with E-state index in [1.54, 1.807) is 60.2 Å². The van der Waals surface area contributed by atoms with Gasteiger partial charge in [-0.3, -0.25) is 4.79 Å². The Labute approximate surface area is 245 Å². The lowest BCUT2D eigenvalue weighted by molar-refractivity contribution is 0.102. The van der Waals surface area contributed by atoms with Crippen LogP contribution in [-0.2, 0) is 28.9 Å². The van der Waals surface area contributed by atoms with Crippen LogP contribution in [0.2, 0.25) is 0 Å². The highest BCUT2D eigenvalue weighted by Crippen LogP contribution is 2.35. The van der Waals surface area contributed by atoms with Gasteiger partial charge in [0.05, 0.1) is 33.1 Å². The van der Waals surface area contributed by atoms with Crippen molar-refractivity contribution in [3.63, 3.8) is 0 Å². The van der Waals surface area contributed by atoms with Crippen molar-refractivity contribution in [3.8, 4) is 21.8 Å². The number of alkyl halides is 2. The standard InChI is InChI=1S/C30H25F2N5O3S2/c1-42(39,40)17-19-8-10-23(11-9-19)36-30-33-13-12-25(37-30)28-27(34-18-41-28)20-4-3-7-24(14-20)35-29(38)26-21(15-31)5-2-6-22(26)16-32/h2-14,18H,15-17H2,1H3,(H,35,38)(H,33,36,37). The van der Waals surface area contributed by atoms with Gasteiger partial charge in [0.1, 0.15) is 13.3 Å². The molecule has 2 heterocycles. The second kappa shape index (κ2) is 12.5. The van der Waals surface area contributed by atoms with E-state index in [-0.39, 0.29) is 22.4 Å². The fourth-order valence-corrected chi connectivity index (χ4v) is 5.98. The van der Waals surface area contributed by atoms with Gasteiger partial charge in [-0.1, -0.05) is 42.5 Å². The molecular formula is C30H25F2N5O3S2. The predicted molar refractivity (Wildman–Crippen MR) is 161 cm³/mol. The molecule has 0 aliphatic heterocycles. The van der Waals surface area contributed by atoms with Crippen molar-refractivity contribution in [1.29, 1.82) is 0 Å². The fraction of sp³-hybridized carbons (Fsp3) is 0.133. The third-order valence-corrected chi connectivity index (χ3v) is 7.95. The van der Waals surface area contributed by atoms with Crippen LogP contribution >= 0.6 is 11.3 Å². The van der Waals surface area contributed by atoms with E-state index in [1.807, 2.05) is 6.07 Å². The molecule has 0 aliphatic carbocycles. The smallest absolute Gasteiger partial charge is 0.256 e. The Morgan fingerprint density at radius 2 is 1.62 bits per heavy atom. The molecule has 0 spiro atoms. The molecule has 214 valence electrons. The summed E-state index contributed by atoms with van der Waals surface area (Å²) in [5, 5.41) is 5.89. The molecule has 5 aromatic rings. The van der Waals surface area contributed by atoms with Crippen LogP contribution in [0.25, 0.3) is 21.8 Å². The number of nitrogens with one attached hydrogen (secondary N) is 2. The third-order valence-electron chi connectivity index (χ3n) is 6.24. The highest BCUT2D eigenvalue weighted by Gasteiger charge is 2.18. The second-order valence-electron chi connectivity index (χ2n) is 9.44. The summed E-state index contributed by atoms with van der Waals surface area (Å²) in [4.78, 5) is 27.3. The van der Waals surface area contributed by atoms with Gasteiger partial charge in [0.2, 0.25) is 5.95 Å². The van der Waals surface area contributed by atoms with Crippen LogP contribution < -0.4 is 10.6 Å². The number of carbonyl (C=O) groups excluding carboxylic acids is 1. The van der Waals surface area contributed by atoms with Crippen LogP contribution in [0.1, 0.15) is 27.0 Å². The van der Waals surface area contributed by atoms with E-state index in [9.17, 15) is 22.0 Å². The zero-order valence-corrected chi connectivity index (χ0v) is 24.0. The number of halogens is 2. The topological polar surface area (TPSA) is 114 Å². The maximum atomic E-state index is 13.5. The molecule has 5 rings (SSSR count). The molecule has 2 N–H and O–H groups in total. The summed E-state index contributed by atoms with van der Waals surface area (Å²) in [6, 6.07) is 20.2. The van der Waals surface area contributed by atoms with Gasteiger partial charge in [0.25, 0.3) is 5.91 Å². The maximum Gasteiger partial charge on any atom is 0.256 e. The van der Waals surface area contributed by atoms with Crippen LogP contribution in [0.5, 0.6) is 0 Å². The lowest BCUT2D eigenvalue weighted by Gasteiger charge is -2.12. The van der Waals surface area contributed by atoms with Gasteiger partial charge in [0, 0.05) is 29.4 Å². The number of anilines is 3. The SMILES string of the molecule is CS(=O)(=O)Cc1ccc(Nc2nccc(-c3scnc3-c3cccc(NC(=O)c4c(CF)cccc4CF)c3)n2)cc1. The average Bonchev–Trinajstić information content (AvgIpc) is 3.47. The summed E-state index contributed by atoms with van der Waals surface area (Å²) >= 11 is 1.39. The van der Waals surface area contributed by atoms with Crippen LogP contribution in [0.4, 0.5) is 26.1 Å². The number of hydrogen-bond donors (Lipinski definition) is 2. The van der Waals surface area contributed by atoms with E-state index in [0.29, 0.717) is 39.8 Å². The molecule has 8 nitrogen and oxygen atoms in total. The molecule has 0 aliphatic rings. The summed E-state index contributed by atoms with van der Waals surface area (Å²) in [6.45, 7) is -1.77. The lowest BCUT2D eigenvalue weighted by Crippen LogP contribution is -2.16. The molecule has 1 amide bonds. The zero-order chi connectivity index (χ0) is 29.7. The number of amides is 1. The van der Waals surface area contributed by atoms with E-state index in [1.165, 1.54) is 35.8 Å². The second-order valence-corrected chi connectivity index (χ2v) is 12.4. The number of hydrogen-bond acceptors (Lipinski definition) is 8. The largest absolute Gasteiger partial charge is 0.324 e. The number of aromatic nitrogens is 3. The molecule has 0 saturated heterocycles. The number of sulfone groups is 1. The first-order valence-electron chi connectivity index (χ1n) is 12.7. The van der Waals surface area contributed by atoms with Gasteiger partial charge in [0.15, 0.2) is 9.84 Å². The van der Waals surface area contributed by atoms with Crippen molar-refractivity contribution in [2.24, 2.45) is 0 Å². The Morgan fingerprint density at radius 1 is 0.905 bits per heavy atom. The van der Waals surface area contributed by atoms with Gasteiger partial charge in [-0.15, -0.1) is 11.3 Å². The van der Waals surface area contributed by atoms with E-state index in [4.69, 9.17) is 0 Å². The highest BCUT2D eigenvalue weighted by molar-refractivity contribution is 7.89. The van der Waals surface area contributed by atoms with Crippen LogP contribution in [-0.4, -0.2) is 35.5 Å². The molecule has 0 atom stereocenters. The number of benzene rings is 3. The summed E-state index contributed by atoms with van der Waals surface area (Å²) in [7, 11) is -3.13. The van der Waals surface area contributed by atoms with Gasteiger partial charge in [-0.2, -0.15) is 0 Å². The minimum atomic E-state index is -3.13. The van der Waals surface area contributed by atoms with Gasteiger partial charge >= 0.3 is 0 Å². The van der Waals surface area contributed by atoms with Gasteiger partial charge in [-0.25, -0.2) is 32.2 Å². The molecule has 0 fully saturated rings. The van der Waals surface area contributed by atoms with E-state index >= 15 is 0 Å². The average molecular weight is 606 g/mol. The van der Waals surface area contributed by atoms with Crippen molar-refractivity contribution in [1.82, 2.24) is 15.0 Å². The van der Waals surface area contributed by atoms with Crippen LogP contribution in [0.15, 0.2) is 84.5 Å². The van der Waals surface area contributed by atoms with Crippen molar-refractivity contribution >= 4 is 44.4 Å². The monoisotopic (exact) mass is 605 g/mol. The molecule has 0 bridgehead atoms. The van der Waals surface area contributed by atoms with Crippen LogP contribution in [0, 0.1) is 0 Å². The first-order valence-corrected chi connectivity index (χ1v) is 15.6. The van der Waals surface area contributed by atoms with Crippen molar-refractivity contribution in [2.45, 2.75) is 19.1 Å². The lowest BCUT2D eigenvalue weighted by atomic mass is 10.0. The van der Waals surface area contributed by atoms with Gasteiger partial charge < -0.3 is 10.6 Å². The molecule has 3 aromatic carbocycles. The Hall–Kier alpha value is -4.55. The fourth-order valence-electron chi connectivity index (χ4n) is 4.40. The Bertz CT molecular complexity index is 1820. The molecule has 0 unspecified atom stereocenters. The minimum absolute atomic E-state index is 0.00620. The zero-order valence-electron chi connectivity index (χ0n) is 22.3. The first-order chi connectivity index (χ1) is 20.2. The molecule has 2 aromatic heterocycles. The Kier molecular flexibility index (Phi) is 8.64. The summed E-state index contributed by atoms with van der Waals surface area (Å²) < 4.78 is 50.2. The van der Waals surface area contributed by atoms with E-state index in [2.05, 4.69) is 25.6 Å². The Balaban J connectivity index is 1.37. The maximum absolute atomic E-state index is 13.5. The Morgan fingerprint density at radius 3 is 2.31 bits per heavy atom. The first kappa shape index (κ1) is 29.0. The normalized spacial score (nSPS) is 11.3. The molecule has 42 heavy (non-hydrogen) atoms. The van der Waals surface area contributed by atoms with Crippen molar-refractivity contribution < 1.29 is 22.0 Å². The highest BCUT2D eigenvalue weighted by atomic mass is 32.2. The third kappa shape index (κ3) is 6.84. The quantitative estimate of drug-likeness (QED) is 0.181. The van der Waals surface area contributed by atoms with Crippen molar-refractivity contribution in [2.75, 3.05) is 16.9 Å². The summed E-state index contributed by atoms with van der Waals surface area (Å²) in [6.07, 6.45) is 2.81. The number of thiazole rings is 1. The molecule has 0 saturated carbocycles. The predicted octanol–water partition coefficient (Wildman–Crippen LogP) is 6.75. The molecule has 0 radical (unpaired) electrons. The van der Waals surface area contributed by atoms with Gasteiger partial charge in [-0.05, 0) is 47.0 Å². The van der Waals surface area contributed by atoms with E-state index in [0.717, 1.165) is 4.88 Å². The molecule has 12 heteroatoms. The summed E-state index contributed by atoms with van der Waals surface area (Å²) in [5.41, 5.74) is 5.73. The molecular weight excluding hydrogens is 580 g/mol. The summed E-state index contributed by atoms with van der Waals surface area (Å²) in [5.74, 6) is -0.289. The van der Waals surface area contributed by atoms with Crippen molar-refractivity contribution in [3.05, 3.63) is 107 Å². The van der Waals surface area contributed by atoms with Crippen LogP contribution in [0.3, 0.4) is 0 Å².